The molecule has 1 aliphatic rings. The Morgan fingerprint density at radius 3 is 2.60 bits per heavy atom. The van der Waals surface area contributed by atoms with E-state index in [4.69, 9.17) is 9.84 Å². The lowest BCUT2D eigenvalue weighted by molar-refractivity contribution is -0.138. The first-order valence-electron chi connectivity index (χ1n) is 5.13. The van der Waals surface area contributed by atoms with Crippen molar-refractivity contribution in [1.29, 1.82) is 0 Å². The van der Waals surface area contributed by atoms with Gasteiger partial charge in [0.15, 0.2) is 0 Å². The van der Waals surface area contributed by atoms with Crippen molar-refractivity contribution in [3.63, 3.8) is 0 Å². The predicted octanol–water partition coefficient (Wildman–Crippen LogP) is 0.533. The van der Waals surface area contributed by atoms with Crippen LogP contribution in [0.3, 0.4) is 0 Å². The van der Waals surface area contributed by atoms with E-state index in [1.807, 2.05) is 6.92 Å². The number of hydrogen-bond acceptors (Lipinski definition) is 3. The minimum absolute atomic E-state index is 0.0863. The van der Waals surface area contributed by atoms with Crippen LogP contribution < -0.4 is 5.32 Å². The maximum absolute atomic E-state index is 10.9. The van der Waals surface area contributed by atoms with Crippen LogP contribution in [0.15, 0.2) is 0 Å². The van der Waals surface area contributed by atoms with E-state index in [0.717, 1.165) is 12.8 Å². The number of hydrogen-bond donors (Lipinski definition) is 2. The number of aliphatic carboxylic acids is 1. The number of carboxylic acid groups (broad SMARTS) is 1. The van der Waals surface area contributed by atoms with Gasteiger partial charge < -0.3 is 15.2 Å². The van der Waals surface area contributed by atoms with Crippen molar-refractivity contribution in [3.05, 3.63) is 0 Å². The molecule has 0 saturated carbocycles. The average molecular weight is 215 g/mol. The van der Waals surface area contributed by atoms with Crippen LogP contribution in [0.5, 0.6) is 0 Å². The van der Waals surface area contributed by atoms with Gasteiger partial charge in [-0.3, -0.25) is 9.59 Å². The number of carbonyl (C=O) groups excluding carboxylic acids is 1. The lowest BCUT2D eigenvalue weighted by Gasteiger charge is -2.22. The molecule has 0 spiro atoms. The molecule has 1 saturated heterocycles. The zero-order chi connectivity index (χ0) is 11.4. The summed E-state index contributed by atoms with van der Waals surface area (Å²) in [5, 5.41) is 11.3. The van der Waals surface area contributed by atoms with E-state index < -0.39 is 12.0 Å². The third-order valence-electron chi connectivity index (χ3n) is 2.50. The molecule has 0 radical (unpaired) electrons. The lowest BCUT2D eigenvalue weighted by atomic mass is 10.0. The lowest BCUT2D eigenvalue weighted by Crippen LogP contribution is -2.43. The Hall–Kier alpha value is -1.10. The van der Waals surface area contributed by atoms with Crippen LogP contribution in [0, 0.1) is 0 Å². The van der Waals surface area contributed by atoms with Gasteiger partial charge in [-0.1, -0.05) is 0 Å². The van der Waals surface area contributed by atoms with Gasteiger partial charge in [0.1, 0.15) is 0 Å². The number of carboxylic acids is 1. The largest absolute Gasteiger partial charge is 0.481 e. The maximum Gasteiger partial charge on any atom is 0.305 e. The number of ether oxygens (including phenoxy) is 1. The van der Waals surface area contributed by atoms with E-state index in [1.165, 1.54) is 6.92 Å². The van der Waals surface area contributed by atoms with Crippen LogP contribution in [0.4, 0.5) is 0 Å². The first kappa shape index (κ1) is 12.0. The van der Waals surface area contributed by atoms with Crippen molar-refractivity contribution in [1.82, 2.24) is 5.32 Å². The number of carbonyl (C=O) groups is 2. The summed E-state index contributed by atoms with van der Waals surface area (Å²) in [5.74, 6) is -1.14. The molecular weight excluding hydrogens is 198 g/mol. The predicted molar refractivity (Wildman–Crippen MR) is 53.4 cm³/mol. The van der Waals surface area contributed by atoms with Crippen LogP contribution in [0.25, 0.3) is 0 Å². The Kier molecular flexibility index (Phi) is 4.08. The van der Waals surface area contributed by atoms with E-state index in [0.29, 0.717) is 0 Å². The molecule has 86 valence electrons. The third kappa shape index (κ3) is 3.87. The van der Waals surface area contributed by atoms with Gasteiger partial charge in [0.2, 0.25) is 5.91 Å². The smallest absolute Gasteiger partial charge is 0.305 e. The monoisotopic (exact) mass is 215 g/mol. The van der Waals surface area contributed by atoms with Crippen molar-refractivity contribution in [2.75, 3.05) is 0 Å². The van der Waals surface area contributed by atoms with Crippen LogP contribution in [-0.2, 0) is 14.3 Å². The highest BCUT2D eigenvalue weighted by Crippen LogP contribution is 2.23. The molecule has 1 heterocycles. The molecule has 1 rings (SSSR count). The van der Waals surface area contributed by atoms with Crippen molar-refractivity contribution >= 4 is 11.9 Å². The minimum atomic E-state index is -0.920. The number of amides is 1. The summed E-state index contributed by atoms with van der Waals surface area (Å²) in [6.07, 6.45) is 1.62. The molecule has 15 heavy (non-hydrogen) atoms. The Morgan fingerprint density at radius 2 is 2.20 bits per heavy atom. The second-order valence-electron chi connectivity index (χ2n) is 3.97. The van der Waals surface area contributed by atoms with Gasteiger partial charge in [-0.25, -0.2) is 0 Å². The summed E-state index contributed by atoms with van der Waals surface area (Å²) < 4.78 is 5.55. The van der Waals surface area contributed by atoms with Crippen LogP contribution >= 0.6 is 0 Å². The van der Waals surface area contributed by atoms with Gasteiger partial charge >= 0.3 is 5.97 Å². The van der Waals surface area contributed by atoms with Gasteiger partial charge in [0.25, 0.3) is 0 Å². The fourth-order valence-corrected chi connectivity index (χ4v) is 1.85. The molecule has 1 fully saturated rings. The second-order valence-corrected chi connectivity index (χ2v) is 3.97. The van der Waals surface area contributed by atoms with Crippen molar-refractivity contribution in [2.45, 2.75) is 51.4 Å². The maximum atomic E-state index is 10.9. The highest BCUT2D eigenvalue weighted by molar-refractivity contribution is 5.75. The molecule has 3 atom stereocenters. The Bertz CT molecular complexity index is 238. The zero-order valence-corrected chi connectivity index (χ0v) is 9.03. The molecular formula is C10H17NO4. The quantitative estimate of drug-likeness (QED) is 0.717. The molecule has 3 unspecified atom stereocenters. The van der Waals surface area contributed by atoms with E-state index >= 15 is 0 Å². The van der Waals surface area contributed by atoms with E-state index in [1.54, 1.807) is 0 Å². The SMILES string of the molecule is CC(=O)NC(CC(=O)O)C1CCC(C)O1. The molecule has 0 aromatic heterocycles. The normalized spacial score (nSPS) is 27.3. The summed E-state index contributed by atoms with van der Waals surface area (Å²) in [4.78, 5) is 21.5. The fraction of sp³-hybridized carbons (Fsp3) is 0.800. The summed E-state index contributed by atoms with van der Waals surface area (Å²) in [6.45, 7) is 3.33. The van der Waals surface area contributed by atoms with E-state index in [2.05, 4.69) is 5.32 Å². The first-order chi connectivity index (χ1) is 6.99. The standard InChI is InChI=1S/C10H17NO4/c1-6-3-4-9(15-6)8(5-10(13)14)11-7(2)12/h6,8-9H,3-5H2,1-2H3,(H,11,12)(H,13,14). The molecule has 1 amide bonds. The summed E-state index contributed by atoms with van der Waals surface area (Å²) >= 11 is 0. The molecule has 0 bridgehead atoms. The minimum Gasteiger partial charge on any atom is -0.481 e. The molecule has 0 aliphatic carbocycles. The highest BCUT2D eigenvalue weighted by atomic mass is 16.5. The third-order valence-corrected chi connectivity index (χ3v) is 2.50. The second kappa shape index (κ2) is 5.11. The highest BCUT2D eigenvalue weighted by Gasteiger charge is 2.31. The van der Waals surface area contributed by atoms with Gasteiger partial charge in [-0.15, -0.1) is 0 Å². The topological polar surface area (TPSA) is 75.6 Å². The Morgan fingerprint density at radius 1 is 1.53 bits per heavy atom. The summed E-state index contributed by atoms with van der Waals surface area (Å²) in [7, 11) is 0. The average Bonchev–Trinajstić information content (AvgIpc) is 2.48. The fourth-order valence-electron chi connectivity index (χ4n) is 1.85. The van der Waals surface area contributed by atoms with E-state index in [9.17, 15) is 9.59 Å². The molecule has 2 N–H and O–H groups in total. The van der Waals surface area contributed by atoms with Gasteiger partial charge in [0.05, 0.1) is 24.7 Å². The van der Waals surface area contributed by atoms with Gasteiger partial charge in [0, 0.05) is 6.92 Å². The van der Waals surface area contributed by atoms with Gasteiger partial charge in [-0.2, -0.15) is 0 Å². The Labute approximate surface area is 88.8 Å². The Balaban J connectivity index is 2.54. The van der Waals surface area contributed by atoms with E-state index in [-0.39, 0.29) is 24.5 Å². The van der Waals surface area contributed by atoms with Gasteiger partial charge in [-0.05, 0) is 19.8 Å². The van der Waals surface area contributed by atoms with Crippen LogP contribution in [0.2, 0.25) is 0 Å². The van der Waals surface area contributed by atoms with Crippen molar-refractivity contribution in [3.8, 4) is 0 Å². The number of nitrogens with one attached hydrogen (secondary N) is 1. The first-order valence-corrected chi connectivity index (χ1v) is 5.13. The molecule has 0 aromatic rings. The van der Waals surface area contributed by atoms with Crippen LogP contribution in [-0.4, -0.2) is 35.2 Å². The molecule has 5 heteroatoms. The van der Waals surface area contributed by atoms with Crippen molar-refractivity contribution in [2.24, 2.45) is 0 Å². The number of rotatable bonds is 4. The zero-order valence-electron chi connectivity index (χ0n) is 9.03. The molecule has 5 nitrogen and oxygen atoms in total. The molecule has 0 aromatic carbocycles. The molecule has 1 aliphatic heterocycles. The van der Waals surface area contributed by atoms with Crippen LogP contribution in [0.1, 0.15) is 33.1 Å². The summed E-state index contributed by atoms with van der Waals surface area (Å²) in [5.41, 5.74) is 0. The summed E-state index contributed by atoms with van der Waals surface area (Å²) in [6, 6.07) is -0.412. The van der Waals surface area contributed by atoms with Crippen molar-refractivity contribution < 1.29 is 19.4 Å².